The van der Waals surface area contributed by atoms with Gasteiger partial charge in [0.1, 0.15) is 0 Å². The zero-order chi connectivity index (χ0) is 20.2. The molecule has 4 rings (SSSR count). The van der Waals surface area contributed by atoms with Gasteiger partial charge in [-0.05, 0) is 43.2 Å². The largest absolute Gasteiger partial charge is 0.366 e. The number of carbonyl (C=O) groups is 2. The van der Waals surface area contributed by atoms with Gasteiger partial charge in [0.25, 0.3) is 5.91 Å². The molecule has 1 aliphatic heterocycles. The van der Waals surface area contributed by atoms with Gasteiger partial charge in [-0.15, -0.1) is 10.2 Å². The third kappa shape index (κ3) is 4.08. The van der Waals surface area contributed by atoms with Gasteiger partial charge in [0.05, 0.1) is 17.2 Å². The highest BCUT2D eigenvalue weighted by Crippen LogP contribution is 2.24. The average molecular weight is 391 g/mol. The number of nitrogens with one attached hydrogen (secondary N) is 1. The molecule has 0 spiro atoms. The summed E-state index contributed by atoms with van der Waals surface area (Å²) in [5.41, 5.74) is 6.13. The number of hydrogen-bond donors (Lipinski definition) is 2. The van der Waals surface area contributed by atoms with Crippen molar-refractivity contribution in [2.45, 2.75) is 12.8 Å². The van der Waals surface area contributed by atoms with Gasteiger partial charge >= 0.3 is 0 Å². The molecule has 0 bridgehead atoms. The second-order valence-corrected chi connectivity index (χ2v) is 6.88. The maximum Gasteiger partial charge on any atom is 0.250 e. The van der Waals surface area contributed by atoms with Gasteiger partial charge in [-0.1, -0.05) is 12.1 Å². The molecule has 9 heteroatoms. The van der Waals surface area contributed by atoms with Crippen LogP contribution in [-0.4, -0.2) is 44.9 Å². The second kappa shape index (κ2) is 8.09. The van der Waals surface area contributed by atoms with Gasteiger partial charge in [-0.2, -0.15) is 5.10 Å². The number of para-hydroxylation sites is 1. The molecule has 3 N–H and O–H groups in total. The Bertz CT molecular complexity index is 1000. The van der Waals surface area contributed by atoms with Crippen molar-refractivity contribution in [1.82, 2.24) is 20.0 Å². The van der Waals surface area contributed by atoms with E-state index in [-0.39, 0.29) is 11.8 Å². The lowest BCUT2D eigenvalue weighted by Gasteiger charge is -2.32. The van der Waals surface area contributed by atoms with Crippen molar-refractivity contribution in [3.05, 3.63) is 60.4 Å². The van der Waals surface area contributed by atoms with E-state index in [4.69, 9.17) is 5.73 Å². The standard InChI is InChI=1S/C20H21N7O2/c21-19(28)15-6-1-2-7-16(15)23-20(29)14-5-3-11-26(13-14)17-8-9-18(25-24-17)27-12-4-10-22-27/h1-2,4,6-10,12,14H,3,5,11,13H2,(H2,21,28)(H,23,29). The number of aromatic nitrogens is 4. The van der Waals surface area contributed by atoms with Crippen LogP contribution in [0.5, 0.6) is 0 Å². The van der Waals surface area contributed by atoms with Crippen LogP contribution in [0.2, 0.25) is 0 Å². The van der Waals surface area contributed by atoms with E-state index in [0.717, 1.165) is 25.2 Å². The molecule has 2 aromatic heterocycles. The summed E-state index contributed by atoms with van der Waals surface area (Å²) in [7, 11) is 0. The van der Waals surface area contributed by atoms with Gasteiger partial charge in [0.15, 0.2) is 11.6 Å². The SMILES string of the molecule is NC(=O)c1ccccc1NC(=O)C1CCCN(c2ccc(-n3cccn3)nn2)C1. The third-order valence-corrected chi connectivity index (χ3v) is 4.94. The quantitative estimate of drug-likeness (QED) is 0.682. The Hall–Kier alpha value is -3.75. The van der Waals surface area contributed by atoms with Crippen LogP contribution in [0.3, 0.4) is 0 Å². The predicted molar refractivity (Wildman–Crippen MR) is 108 cm³/mol. The summed E-state index contributed by atoms with van der Waals surface area (Å²) in [4.78, 5) is 26.4. The number of primary amides is 1. The van der Waals surface area contributed by atoms with Crippen LogP contribution in [-0.2, 0) is 4.79 Å². The van der Waals surface area contributed by atoms with Gasteiger partial charge in [0, 0.05) is 25.5 Å². The number of anilines is 2. The second-order valence-electron chi connectivity index (χ2n) is 6.88. The fourth-order valence-corrected chi connectivity index (χ4v) is 3.45. The van der Waals surface area contributed by atoms with E-state index in [1.54, 1.807) is 41.3 Å². The van der Waals surface area contributed by atoms with E-state index in [1.807, 2.05) is 23.1 Å². The van der Waals surface area contributed by atoms with Crippen molar-refractivity contribution in [2.24, 2.45) is 11.7 Å². The molecule has 0 aliphatic carbocycles. The first kappa shape index (κ1) is 18.6. The maximum atomic E-state index is 12.8. The molecule has 2 amide bonds. The van der Waals surface area contributed by atoms with Crippen molar-refractivity contribution in [3.63, 3.8) is 0 Å². The summed E-state index contributed by atoms with van der Waals surface area (Å²) in [5.74, 6) is 0.421. The van der Waals surface area contributed by atoms with E-state index in [2.05, 4.69) is 20.6 Å². The van der Waals surface area contributed by atoms with Gasteiger partial charge < -0.3 is 16.0 Å². The van der Waals surface area contributed by atoms with E-state index in [9.17, 15) is 9.59 Å². The zero-order valence-corrected chi connectivity index (χ0v) is 15.7. The summed E-state index contributed by atoms with van der Waals surface area (Å²) < 4.78 is 1.64. The highest BCUT2D eigenvalue weighted by molar-refractivity contribution is 6.03. The molecule has 1 fully saturated rings. The molecule has 1 aliphatic rings. The molecule has 1 atom stereocenters. The molecular weight excluding hydrogens is 370 g/mol. The molecule has 0 radical (unpaired) electrons. The topological polar surface area (TPSA) is 119 Å². The molecule has 0 saturated carbocycles. The number of nitrogens with two attached hydrogens (primary N) is 1. The smallest absolute Gasteiger partial charge is 0.250 e. The van der Waals surface area contributed by atoms with Crippen LogP contribution in [0.4, 0.5) is 11.5 Å². The number of rotatable bonds is 5. The Balaban J connectivity index is 1.44. The molecule has 3 heterocycles. The van der Waals surface area contributed by atoms with Gasteiger partial charge in [-0.25, -0.2) is 4.68 Å². The minimum atomic E-state index is -0.571. The summed E-state index contributed by atoms with van der Waals surface area (Å²) in [5, 5.41) is 15.5. The molecule has 1 saturated heterocycles. The number of hydrogen-bond acceptors (Lipinski definition) is 6. The molecule has 148 valence electrons. The van der Waals surface area contributed by atoms with Crippen molar-refractivity contribution < 1.29 is 9.59 Å². The Morgan fingerprint density at radius 1 is 1.07 bits per heavy atom. The van der Waals surface area contributed by atoms with E-state index >= 15 is 0 Å². The Morgan fingerprint density at radius 2 is 1.86 bits per heavy atom. The van der Waals surface area contributed by atoms with Gasteiger partial charge in [-0.3, -0.25) is 9.59 Å². The summed E-state index contributed by atoms with van der Waals surface area (Å²) in [6.45, 7) is 1.33. The maximum absolute atomic E-state index is 12.8. The number of amides is 2. The first-order valence-electron chi connectivity index (χ1n) is 9.40. The molecule has 1 aromatic carbocycles. The molecule has 3 aromatic rings. The van der Waals surface area contributed by atoms with Crippen molar-refractivity contribution in [2.75, 3.05) is 23.3 Å². The van der Waals surface area contributed by atoms with Crippen LogP contribution < -0.4 is 16.0 Å². The summed E-state index contributed by atoms with van der Waals surface area (Å²) >= 11 is 0. The molecule has 1 unspecified atom stereocenters. The highest BCUT2D eigenvalue weighted by atomic mass is 16.2. The van der Waals surface area contributed by atoms with Gasteiger partial charge in [0.2, 0.25) is 5.91 Å². The minimum absolute atomic E-state index is 0.135. The first-order valence-corrected chi connectivity index (χ1v) is 9.40. The van der Waals surface area contributed by atoms with Crippen LogP contribution in [0, 0.1) is 5.92 Å². The fourth-order valence-electron chi connectivity index (χ4n) is 3.45. The number of nitrogens with zero attached hydrogens (tertiary/aromatic N) is 5. The number of piperidine rings is 1. The lowest BCUT2D eigenvalue weighted by atomic mass is 9.96. The Kier molecular flexibility index (Phi) is 5.19. The van der Waals surface area contributed by atoms with Crippen LogP contribution in [0.25, 0.3) is 5.82 Å². The number of carbonyl (C=O) groups excluding carboxylic acids is 2. The van der Waals surface area contributed by atoms with Crippen molar-refractivity contribution in [3.8, 4) is 5.82 Å². The zero-order valence-electron chi connectivity index (χ0n) is 15.7. The van der Waals surface area contributed by atoms with Crippen LogP contribution in [0.15, 0.2) is 54.9 Å². The summed E-state index contributed by atoms with van der Waals surface area (Å²) in [6, 6.07) is 12.3. The lowest BCUT2D eigenvalue weighted by molar-refractivity contribution is -0.120. The van der Waals surface area contributed by atoms with Crippen LogP contribution in [0.1, 0.15) is 23.2 Å². The normalized spacial score (nSPS) is 16.4. The molecular formula is C20H21N7O2. The third-order valence-electron chi connectivity index (χ3n) is 4.94. The Labute approximate surface area is 167 Å². The van der Waals surface area contributed by atoms with Crippen LogP contribution >= 0.6 is 0 Å². The number of benzene rings is 1. The van der Waals surface area contributed by atoms with Crippen molar-refractivity contribution in [1.29, 1.82) is 0 Å². The predicted octanol–water partition coefficient (Wildman–Crippen LogP) is 1.62. The lowest BCUT2D eigenvalue weighted by Crippen LogP contribution is -2.41. The minimum Gasteiger partial charge on any atom is -0.366 e. The van der Waals surface area contributed by atoms with E-state index in [1.165, 1.54) is 0 Å². The first-order chi connectivity index (χ1) is 14.1. The highest BCUT2D eigenvalue weighted by Gasteiger charge is 2.27. The molecule has 29 heavy (non-hydrogen) atoms. The average Bonchev–Trinajstić information content (AvgIpc) is 3.29. The molecule has 9 nitrogen and oxygen atoms in total. The monoisotopic (exact) mass is 391 g/mol. The summed E-state index contributed by atoms with van der Waals surface area (Å²) in [6.07, 6.45) is 5.10. The fraction of sp³-hybridized carbons (Fsp3) is 0.250. The van der Waals surface area contributed by atoms with Crippen molar-refractivity contribution >= 4 is 23.3 Å². The van der Waals surface area contributed by atoms with E-state index in [0.29, 0.717) is 23.6 Å². The van der Waals surface area contributed by atoms with E-state index < -0.39 is 5.91 Å². The Morgan fingerprint density at radius 3 is 2.59 bits per heavy atom.